The fraction of sp³-hybridized carbons (Fsp3) is 0.167. The number of hydrogen-bond acceptors (Lipinski definition) is 9. The highest BCUT2D eigenvalue weighted by molar-refractivity contribution is 7.13. The van der Waals surface area contributed by atoms with Gasteiger partial charge >= 0.3 is 18.0 Å². The molecule has 0 unspecified atom stereocenters. The topological polar surface area (TPSA) is 152 Å². The van der Waals surface area contributed by atoms with E-state index in [1.165, 1.54) is 24.7 Å². The molecule has 0 saturated heterocycles. The third-order valence-corrected chi connectivity index (χ3v) is 4.97. The molecule has 15 heteroatoms. The molecule has 0 fully saturated rings. The van der Waals surface area contributed by atoms with E-state index >= 15 is 0 Å². The van der Waals surface area contributed by atoms with Crippen molar-refractivity contribution in [1.29, 1.82) is 0 Å². The maximum Gasteiger partial charge on any atom is 0.434 e. The second-order valence-corrected chi connectivity index (χ2v) is 7.20. The first-order valence-electron chi connectivity index (χ1n) is 9.21. The summed E-state index contributed by atoms with van der Waals surface area (Å²) in [5.74, 6) is -0.734. The molecule has 0 aliphatic heterocycles. The van der Waals surface area contributed by atoms with E-state index in [-0.39, 0.29) is 33.7 Å². The summed E-state index contributed by atoms with van der Waals surface area (Å²) < 4.78 is 44.1. The molecule has 0 atom stereocenters. The molecule has 4 aromatic rings. The minimum Gasteiger partial charge on any atom is -0.386 e. The van der Waals surface area contributed by atoms with Crippen LogP contribution in [0.1, 0.15) is 12.6 Å². The van der Waals surface area contributed by atoms with Crippen LogP contribution in [-0.4, -0.2) is 42.7 Å². The van der Waals surface area contributed by atoms with Crippen LogP contribution in [0, 0.1) is 0 Å². The molecule has 33 heavy (non-hydrogen) atoms. The lowest BCUT2D eigenvalue weighted by atomic mass is 10.1. The van der Waals surface area contributed by atoms with Crippen LogP contribution in [0.25, 0.3) is 33.4 Å². The number of pyridine rings is 1. The SMILES string of the molecule is CCNC(=O)Nc1cc(-c2nc(C(F)(F)F)cs2)c(-c2cnc(-c3n[nH]c(=O)o3)cn2)cn1. The summed E-state index contributed by atoms with van der Waals surface area (Å²) in [7, 11) is 0. The summed E-state index contributed by atoms with van der Waals surface area (Å²) in [6.45, 7) is 2.10. The van der Waals surface area contributed by atoms with Gasteiger partial charge in [0, 0.05) is 29.2 Å². The molecular weight excluding hydrogens is 465 g/mol. The Labute approximate surface area is 186 Å². The summed E-state index contributed by atoms with van der Waals surface area (Å²) in [4.78, 5) is 39.1. The van der Waals surface area contributed by atoms with Crippen molar-refractivity contribution in [2.75, 3.05) is 11.9 Å². The van der Waals surface area contributed by atoms with Crippen molar-refractivity contribution in [3.8, 4) is 33.4 Å². The molecule has 170 valence electrons. The Morgan fingerprint density at radius 2 is 1.91 bits per heavy atom. The van der Waals surface area contributed by atoms with E-state index < -0.39 is 23.7 Å². The van der Waals surface area contributed by atoms with E-state index in [1.807, 2.05) is 0 Å². The minimum atomic E-state index is -4.61. The van der Waals surface area contributed by atoms with Crippen LogP contribution in [-0.2, 0) is 6.18 Å². The van der Waals surface area contributed by atoms with Crippen molar-refractivity contribution < 1.29 is 22.4 Å². The lowest BCUT2D eigenvalue weighted by molar-refractivity contribution is -0.140. The fourth-order valence-corrected chi connectivity index (χ4v) is 3.53. The van der Waals surface area contributed by atoms with Gasteiger partial charge in [-0.2, -0.15) is 13.2 Å². The summed E-state index contributed by atoms with van der Waals surface area (Å²) in [5.41, 5.74) is -0.0478. The predicted octanol–water partition coefficient (Wildman–Crippen LogP) is 3.17. The van der Waals surface area contributed by atoms with Gasteiger partial charge in [-0.15, -0.1) is 16.4 Å². The lowest BCUT2D eigenvalue weighted by Crippen LogP contribution is -2.28. The van der Waals surface area contributed by atoms with Crippen LogP contribution in [0.3, 0.4) is 0 Å². The molecule has 11 nitrogen and oxygen atoms in total. The standard InChI is InChI=1S/C18H13F3N8O3S/c1-2-22-16(30)27-13-3-8(15-26-12(7-33-15)18(19,20)21)9(4-25-13)10-5-24-11(6-23-10)14-28-29-17(31)32-14/h3-7H,2H2,1H3,(H,29,31)(H2,22,25,27,30). The highest BCUT2D eigenvalue weighted by Gasteiger charge is 2.34. The van der Waals surface area contributed by atoms with Gasteiger partial charge in [0.05, 0.1) is 18.1 Å². The maximum atomic E-state index is 13.1. The van der Waals surface area contributed by atoms with Crippen LogP contribution < -0.4 is 16.4 Å². The van der Waals surface area contributed by atoms with Gasteiger partial charge in [0.2, 0.25) is 0 Å². The van der Waals surface area contributed by atoms with Crippen LogP contribution >= 0.6 is 11.3 Å². The highest BCUT2D eigenvalue weighted by Crippen LogP contribution is 2.37. The number of carbonyl (C=O) groups excluding carboxylic acids is 1. The molecule has 3 N–H and O–H groups in total. The Hall–Kier alpha value is -4.14. The molecule has 0 saturated carbocycles. The van der Waals surface area contributed by atoms with Crippen LogP contribution in [0.15, 0.2) is 39.2 Å². The van der Waals surface area contributed by atoms with Gasteiger partial charge in [-0.1, -0.05) is 0 Å². The molecule has 0 aromatic carbocycles. The van der Waals surface area contributed by atoms with Gasteiger partial charge < -0.3 is 9.73 Å². The predicted molar refractivity (Wildman–Crippen MR) is 110 cm³/mol. The monoisotopic (exact) mass is 478 g/mol. The molecular formula is C18H13F3N8O3S. The minimum absolute atomic E-state index is 0.0443. The van der Waals surface area contributed by atoms with Gasteiger partial charge in [0.1, 0.15) is 16.5 Å². The van der Waals surface area contributed by atoms with Crippen molar-refractivity contribution in [2.45, 2.75) is 13.1 Å². The average molecular weight is 478 g/mol. The number of hydrogen-bond donors (Lipinski definition) is 3. The molecule has 0 aliphatic carbocycles. The van der Waals surface area contributed by atoms with Crippen molar-refractivity contribution in [3.05, 3.63) is 46.3 Å². The molecule has 2 amide bonds. The Morgan fingerprint density at radius 1 is 1.15 bits per heavy atom. The Balaban J connectivity index is 1.75. The normalized spacial score (nSPS) is 11.4. The first-order valence-corrected chi connectivity index (χ1v) is 10.1. The fourth-order valence-electron chi connectivity index (χ4n) is 2.67. The molecule has 0 radical (unpaired) electrons. The summed E-state index contributed by atoms with van der Waals surface area (Å²) in [5, 5.41) is 11.7. The summed E-state index contributed by atoms with van der Waals surface area (Å²) in [6.07, 6.45) is -0.676. The smallest absolute Gasteiger partial charge is 0.386 e. The average Bonchev–Trinajstić information content (AvgIpc) is 3.43. The zero-order valence-electron chi connectivity index (χ0n) is 16.6. The molecule has 0 aliphatic rings. The third kappa shape index (κ3) is 4.87. The number of anilines is 1. The van der Waals surface area contributed by atoms with Crippen molar-refractivity contribution in [1.82, 2.24) is 35.5 Å². The molecule has 0 spiro atoms. The number of thiazole rings is 1. The Morgan fingerprint density at radius 3 is 2.52 bits per heavy atom. The van der Waals surface area contributed by atoms with E-state index in [4.69, 9.17) is 4.42 Å². The van der Waals surface area contributed by atoms with Gasteiger partial charge in [-0.05, 0) is 13.0 Å². The number of carbonyl (C=O) groups is 1. The molecule has 0 bridgehead atoms. The summed E-state index contributed by atoms with van der Waals surface area (Å²) >= 11 is 0.780. The zero-order valence-corrected chi connectivity index (χ0v) is 17.4. The second-order valence-electron chi connectivity index (χ2n) is 6.34. The number of rotatable bonds is 5. The number of aromatic nitrogens is 6. The molecule has 4 aromatic heterocycles. The van der Waals surface area contributed by atoms with Crippen LogP contribution in [0.4, 0.5) is 23.8 Å². The molecule has 4 heterocycles. The number of aromatic amines is 1. The van der Waals surface area contributed by atoms with E-state index in [2.05, 4.69) is 40.8 Å². The summed E-state index contributed by atoms with van der Waals surface area (Å²) in [6, 6.07) is 0.870. The van der Waals surface area contributed by atoms with E-state index in [0.717, 1.165) is 16.7 Å². The van der Waals surface area contributed by atoms with E-state index in [9.17, 15) is 22.8 Å². The number of nitrogens with zero attached hydrogens (tertiary/aromatic N) is 5. The van der Waals surface area contributed by atoms with Crippen molar-refractivity contribution in [3.63, 3.8) is 0 Å². The molecule has 4 rings (SSSR count). The van der Waals surface area contributed by atoms with Crippen molar-refractivity contribution >= 4 is 23.2 Å². The van der Waals surface area contributed by atoms with Gasteiger partial charge in [0.15, 0.2) is 5.69 Å². The lowest BCUT2D eigenvalue weighted by Gasteiger charge is -2.10. The number of nitrogens with one attached hydrogen (secondary N) is 3. The number of urea groups is 1. The first-order chi connectivity index (χ1) is 15.7. The van der Waals surface area contributed by atoms with E-state index in [0.29, 0.717) is 12.1 Å². The van der Waals surface area contributed by atoms with Gasteiger partial charge in [0.25, 0.3) is 5.89 Å². The zero-order chi connectivity index (χ0) is 23.6. The third-order valence-electron chi connectivity index (χ3n) is 4.09. The number of H-pyrrole nitrogens is 1. The first kappa shape index (κ1) is 22.1. The Kier molecular flexibility index (Phi) is 5.87. The Bertz CT molecular complexity index is 1350. The van der Waals surface area contributed by atoms with Gasteiger partial charge in [-0.3, -0.25) is 10.3 Å². The van der Waals surface area contributed by atoms with Gasteiger partial charge in [-0.25, -0.2) is 29.6 Å². The second kappa shape index (κ2) is 8.78. The number of amides is 2. The van der Waals surface area contributed by atoms with E-state index in [1.54, 1.807) is 6.92 Å². The van der Waals surface area contributed by atoms with Crippen LogP contribution in [0.5, 0.6) is 0 Å². The quantitative estimate of drug-likeness (QED) is 0.396. The van der Waals surface area contributed by atoms with Crippen molar-refractivity contribution in [2.24, 2.45) is 0 Å². The highest BCUT2D eigenvalue weighted by atomic mass is 32.1. The van der Waals surface area contributed by atoms with Crippen LogP contribution in [0.2, 0.25) is 0 Å². The maximum absolute atomic E-state index is 13.1. The largest absolute Gasteiger partial charge is 0.434 e. The number of halogens is 3. The number of alkyl halides is 3.